The van der Waals surface area contributed by atoms with Gasteiger partial charge in [-0.1, -0.05) is 6.07 Å². The first-order valence-corrected chi connectivity index (χ1v) is 6.92. The Morgan fingerprint density at radius 2 is 2.00 bits per heavy atom. The van der Waals surface area contributed by atoms with Gasteiger partial charge < -0.3 is 15.2 Å². The van der Waals surface area contributed by atoms with E-state index in [9.17, 15) is 0 Å². The summed E-state index contributed by atoms with van der Waals surface area (Å²) in [5, 5.41) is 7.36. The highest BCUT2D eigenvalue weighted by atomic mass is 16.5. The molecule has 0 saturated heterocycles. The van der Waals surface area contributed by atoms with Gasteiger partial charge in [-0.3, -0.25) is 10.3 Å². The average Bonchev–Trinajstić information content (AvgIpc) is 3.27. The van der Waals surface area contributed by atoms with E-state index in [0.29, 0.717) is 12.5 Å². The highest BCUT2D eigenvalue weighted by Crippen LogP contribution is 2.31. The molecule has 0 unspecified atom stereocenters. The summed E-state index contributed by atoms with van der Waals surface area (Å²) >= 11 is 0. The predicted molar refractivity (Wildman–Crippen MR) is 79.5 cm³/mol. The van der Waals surface area contributed by atoms with Crippen molar-refractivity contribution in [2.24, 2.45) is 5.73 Å². The Morgan fingerprint density at radius 3 is 2.55 bits per heavy atom. The van der Waals surface area contributed by atoms with Gasteiger partial charge in [0.05, 0.1) is 20.1 Å². The molecule has 1 aliphatic rings. The topological polar surface area (TPSA) is 71.6 Å². The van der Waals surface area contributed by atoms with Crippen LogP contribution in [-0.4, -0.2) is 37.5 Å². The van der Waals surface area contributed by atoms with Crippen LogP contribution in [0.1, 0.15) is 24.8 Å². The summed E-state index contributed by atoms with van der Waals surface area (Å²) in [5.74, 6) is 1.76. The Bertz CT molecular complexity index is 472. The number of nitrogens with two attached hydrogens (primary N) is 1. The van der Waals surface area contributed by atoms with Crippen LogP contribution >= 0.6 is 0 Å². The van der Waals surface area contributed by atoms with Crippen molar-refractivity contribution in [1.29, 1.82) is 5.41 Å². The van der Waals surface area contributed by atoms with Gasteiger partial charge in [-0.05, 0) is 30.5 Å². The SMILES string of the molecule is COc1ccc(CN(CCC(=N)N)C2CC2)cc1OC. The first-order valence-electron chi connectivity index (χ1n) is 6.92. The molecule has 0 bridgehead atoms. The van der Waals surface area contributed by atoms with Crippen molar-refractivity contribution in [1.82, 2.24) is 4.90 Å². The van der Waals surface area contributed by atoms with Gasteiger partial charge in [0.1, 0.15) is 0 Å². The summed E-state index contributed by atoms with van der Waals surface area (Å²) in [7, 11) is 3.29. The minimum absolute atomic E-state index is 0.253. The standard InChI is InChI=1S/C15H23N3O2/c1-19-13-6-3-11(9-14(13)20-2)10-18(12-4-5-12)8-7-15(16)17/h3,6,9,12H,4-5,7-8,10H2,1-2H3,(H3,16,17). The minimum atomic E-state index is 0.253. The van der Waals surface area contributed by atoms with Gasteiger partial charge in [0.15, 0.2) is 11.5 Å². The molecule has 1 aliphatic carbocycles. The number of methoxy groups -OCH3 is 2. The molecule has 5 heteroatoms. The van der Waals surface area contributed by atoms with E-state index >= 15 is 0 Å². The Kier molecular flexibility index (Phi) is 4.84. The van der Waals surface area contributed by atoms with Gasteiger partial charge in [0, 0.05) is 25.6 Å². The van der Waals surface area contributed by atoms with E-state index in [0.717, 1.165) is 24.6 Å². The Morgan fingerprint density at radius 1 is 1.30 bits per heavy atom. The Labute approximate surface area is 120 Å². The molecule has 5 nitrogen and oxygen atoms in total. The molecule has 0 aliphatic heterocycles. The summed E-state index contributed by atoms with van der Waals surface area (Å²) in [6, 6.07) is 6.65. The quantitative estimate of drug-likeness (QED) is 0.563. The number of hydrogen-bond donors (Lipinski definition) is 2. The van der Waals surface area contributed by atoms with E-state index in [2.05, 4.69) is 11.0 Å². The van der Waals surface area contributed by atoms with Gasteiger partial charge in [-0.25, -0.2) is 0 Å². The lowest BCUT2D eigenvalue weighted by Gasteiger charge is -2.22. The van der Waals surface area contributed by atoms with Crippen molar-refractivity contribution in [2.45, 2.75) is 31.8 Å². The van der Waals surface area contributed by atoms with Gasteiger partial charge >= 0.3 is 0 Å². The number of nitrogens with zero attached hydrogens (tertiary/aromatic N) is 1. The highest BCUT2D eigenvalue weighted by Gasteiger charge is 2.28. The number of hydrogen-bond acceptors (Lipinski definition) is 4. The minimum Gasteiger partial charge on any atom is -0.493 e. The van der Waals surface area contributed by atoms with Gasteiger partial charge in [0.2, 0.25) is 0 Å². The number of ether oxygens (including phenoxy) is 2. The maximum absolute atomic E-state index is 7.36. The van der Waals surface area contributed by atoms with Crippen LogP contribution in [0.3, 0.4) is 0 Å². The van der Waals surface area contributed by atoms with Crippen molar-refractivity contribution in [3.8, 4) is 11.5 Å². The molecule has 1 fully saturated rings. The van der Waals surface area contributed by atoms with Crippen molar-refractivity contribution >= 4 is 5.84 Å². The summed E-state index contributed by atoms with van der Waals surface area (Å²) in [5.41, 5.74) is 6.65. The van der Waals surface area contributed by atoms with Gasteiger partial charge in [-0.15, -0.1) is 0 Å². The van der Waals surface area contributed by atoms with Crippen LogP contribution in [0.15, 0.2) is 18.2 Å². The number of nitrogens with one attached hydrogen (secondary N) is 1. The van der Waals surface area contributed by atoms with Crippen LogP contribution in [0, 0.1) is 5.41 Å². The zero-order valence-corrected chi connectivity index (χ0v) is 12.2. The molecule has 0 aromatic heterocycles. The summed E-state index contributed by atoms with van der Waals surface area (Å²) < 4.78 is 10.6. The summed E-state index contributed by atoms with van der Waals surface area (Å²) in [6.07, 6.45) is 3.11. The monoisotopic (exact) mass is 277 g/mol. The van der Waals surface area contributed by atoms with Crippen LogP contribution in [0.25, 0.3) is 0 Å². The van der Waals surface area contributed by atoms with Crippen molar-refractivity contribution in [2.75, 3.05) is 20.8 Å². The van der Waals surface area contributed by atoms with Crippen molar-refractivity contribution in [3.63, 3.8) is 0 Å². The molecular formula is C15H23N3O2. The smallest absolute Gasteiger partial charge is 0.161 e. The zero-order valence-electron chi connectivity index (χ0n) is 12.2. The molecule has 0 radical (unpaired) electrons. The van der Waals surface area contributed by atoms with Crippen molar-refractivity contribution < 1.29 is 9.47 Å². The fourth-order valence-electron chi connectivity index (χ4n) is 2.31. The third kappa shape index (κ3) is 3.87. The first kappa shape index (κ1) is 14.7. The molecule has 0 atom stereocenters. The molecule has 1 saturated carbocycles. The van der Waals surface area contributed by atoms with Crippen LogP contribution in [0.5, 0.6) is 11.5 Å². The third-order valence-electron chi connectivity index (χ3n) is 3.57. The number of amidine groups is 1. The lowest BCUT2D eigenvalue weighted by Crippen LogP contribution is -2.29. The van der Waals surface area contributed by atoms with Gasteiger partial charge in [0.25, 0.3) is 0 Å². The van der Waals surface area contributed by atoms with E-state index in [1.807, 2.05) is 12.1 Å². The second kappa shape index (κ2) is 6.61. The second-order valence-electron chi connectivity index (χ2n) is 5.17. The maximum atomic E-state index is 7.36. The molecule has 2 rings (SSSR count). The van der Waals surface area contributed by atoms with Crippen LogP contribution in [0.2, 0.25) is 0 Å². The Balaban J connectivity index is 2.04. The van der Waals surface area contributed by atoms with Crippen LogP contribution in [0.4, 0.5) is 0 Å². The molecular weight excluding hydrogens is 254 g/mol. The summed E-state index contributed by atoms with van der Waals surface area (Å²) in [6.45, 7) is 1.70. The molecule has 110 valence electrons. The van der Waals surface area contributed by atoms with E-state index in [-0.39, 0.29) is 5.84 Å². The molecule has 1 aromatic carbocycles. The number of rotatable bonds is 8. The average molecular weight is 277 g/mol. The van der Waals surface area contributed by atoms with E-state index in [1.54, 1.807) is 14.2 Å². The van der Waals surface area contributed by atoms with E-state index < -0.39 is 0 Å². The molecule has 0 spiro atoms. The third-order valence-corrected chi connectivity index (χ3v) is 3.57. The highest BCUT2D eigenvalue weighted by molar-refractivity contribution is 5.76. The largest absolute Gasteiger partial charge is 0.493 e. The maximum Gasteiger partial charge on any atom is 0.161 e. The fraction of sp³-hybridized carbons (Fsp3) is 0.533. The van der Waals surface area contributed by atoms with Crippen LogP contribution in [-0.2, 0) is 6.54 Å². The Hall–Kier alpha value is -1.75. The molecule has 0 amide bonds. The van der Waals surface area contributed by atoms with E-state index in [1.165, 1.54) is 18.4 Å². The second-order valence-corrected chi connectivity index (χ2v) is 5.17. The zero-order chi connectivity index (χ0) is 14.5. The first-order chi connectivity index (χ1) is 9.63. The molecule has 1 aromatic rings. The molecule has 20 heavy (non-hydrogen) atoms. The predicted octanol–water partition coefficient (Wildman–Crippen LogP) is 1.99. The van der Waals surface area contributed by atoms with Gasteiger partial charge in [-0.2, -0.15) is 0 Å². The molecule has 0 heterocycles. The fourth-order valence-corrected chi connectivity index (χ4v) is 2.31. The molecule has 3 N–H and O–H groups in total. The van der Waals surface area contributed by atoms with E-state index in [4.69, 9.17) is 20.6 Å². The lowest BCUT2D eigenvalue weighted by molar-refractivity contribution is 0.261. The summed E-state index contributed by atoms with van der Waals surface area (Å²) in [4.78, 5) is 2.39. The van der Waals surface area contributed by atoms with Crippen LogP contribution < -0.4 is 15.2 Å². The number of benzene rings is 1. The normalized spacial score (nSPS) is 14.3. The van der Waals surface area contributed by atoms with Crippen molar-refractivity contribution in [3.05, 3.63) is 23.8 Å². The lowest BCUT2D eigenvalue weighted by atomic mass is 10.1.